The molecule has 1 saturated heterocycles. The number of ether oxygens (including phenoxy) is 2. The summed E-state index contributed by atoms with van der Waals surface area (Å²) in [5, 5.41) is 3.24. The maximum absolute atomic E-state index is 12.0. The van der Waals surface area contributed by atoms with Crippen LogP contribution in [0.2, 0.25) is 0 Å². The molecule has 1 aliphatic rings. The molecule has 1 heterocycles. The van der Waals surface area contributed by atoms with Crippen molar-refractivity contribution in [1.29, 1.82) is 0 Å². The number of methoxy groups -OCH3 is 1. The summed E-state index contributed by atoms with van der Waals surface area (Å²) in [7, 11) is 1.60. The molecule has 2 atom stereocenters. The van der Waals surface area contributed by atoms with Crippen LogP contribution in [0.1, 0.15) is 33.6 Å². The second-order valence-electron chi connectivity index (χ2n) is 5.18. The van der Waals surface area contributed by atoms with Crippen molar-refractivity contribution >= 4 is 5.97 Å². The summed E-state index contributed by atoms with van der Waals surface area (Å²) in [6, 6.07) is -0.194. The molecule has 0 spiro atoms. The van der Waals surface area contributed by atoms with Gasteiger partial charge in [0.05, 0.1) is 6.61 Å². The van der Waals surface area contributed by atoms with Crippen LogP contribution in [0, 0.1) is 5.41 Å². The highest BCUT2D eigenvalue weighted by atomic mass is 16.6. The summed E-state index contributed by atoms with van der Waals surface area (Å²) in [4.78, 5) is 12.0. The zero-order valence-electron chi connectivity index (χ0n) is 10.7. The first kappa shape index (κ1) is 13.5. The van der Waals surface area contributed by atoms with Crippen LogP contribution in [0.5, 0.6) is 0 Å². The number of carbonyl (C=O) groups is 1. The highest BCUT2D eigenvalue weighted by Crippen LogP contribution is 2.30. The predicted octanol–water partition coefficient (Wildman–Crippen LogP) is 1.34. The maximum Gasteiger partial charge on any atom is 0.324 e. The molecule has 0 aromatic heterocycles. The van der Waals surface area contributed by atoms with E-state index in [4.69, 9.17) is 9.47 Å². The third-order valence-corrected chi connectivity index (χ3v) is 3.08. The standard InChI is InChI=1S/C12H23NO3/c1-9(8-15-4)16-11(14)10-12(2,3)6-5-7-13-10/h9-10,13H,5-8H2,1-4H3. The lowest BCUT2D eigenvalue weighted by Crippen LogP contribution is -2.53. The van der Waals surface area contributed by atoms with Crippen LogP contribution in [0.15, 0.2) is 0 Å². The number of esters is 1. The van der Waals surface area contributed by atoms with E-state index in [-0.39, 0.29) is 23.5 Å². The van der Waals surface area contributed by atoms with E-state index in [1.54, 1.807) is 7.11 Å². The largest absolute Gasteiger partial charge is 0.459 e. The quantitative estimate of drug-likeness (QED) is 0.739. The molecule has 16 heavy (non-hydrogen) atoms. The minimum absolute atomic E-state index is 0.0257. The Kier molecular flexibility index (Phi) is 4.74. The van der Waals surface area contributed by atoms with Crippen LogP contribution in [0.25, 0.3) is 0 Å². The molecule has 0 aromatic carbocycles. The minimum Gasteiger partial charge on any atom is -0.459 e. The number of carbonyl (C=O) groups excluding carboxylic acids is 1. The number of hydrogen-bond acceptors (Lipinski definition) is 4. The molecule has 0 amide bonds. The van der Waals surface area contributed by atoms with Gasteiger partial charge in [0, 0.05) is 7.11 Å². The smallest absolute Gasteiger partial charge is 0.324 e. The lowest BCUT2D eigenvalue weighted by molar-refractivity contribution is -0.157. The van der Waals surface area contributed by atoms with Gasteiger partial charge in [-0.3, -0.25) is 4.79 Å². The normalized spacial score (nSPS) is 26.1. The van der Waals surface area contributed by atoms with Crippen molar-refractivity contribution in [2.45, 2.75) is 45.8 Å². The number of hydrogen-bond donors (Lipinski definition) is 1. The molecule has 0 aliphatic carbocycles. The van der Waals surface area contributed by atoms with Crippen molar-refractivity contribution in [3.05, 3.63) is 0 Å². The van der Waals surface area contributed by atoms with Crippen molar-refractivity contribution < 1.29 is 14.3 Å². The van der Waals surface area contributed by atoms with Gasteiger partial charge in [0.2, 0.25) is 0 Å². The molecule has 1 N–H and O–H groups in total. The van der Waals surface area contributed by atoms with E-state index in [0.29, 0.717) is 6.61 Å². The van der Waals surface area contributed by atoms with Gasteiger partial charge in [-0.1, -0.05) is 13.8 Å². The number of nitrogens with one attached hydrogen (secondary N) is 1. The van der Waals surface area contributed by atoms with Gasteiger partial charge in [0.15, 0.2) is 0 Å². The van der Waals surface area contributed by atoms with E-state index >= 15 is 0 Å². The maximum atomic E-state index is 12.0. The second kappa shape index (κ2) is 5.64. The molecule has 0 radical (unpaired) electrons. The van der Waals surface area contributed by atoms with E-state index in [9.17, 15) is 4.79 Å². The van der Waals surface area contributed by atoms with E-state index < -0.39 is 0 Å². The Morgan fingerprint density at radius 1 is 1.56 bits per heavy atom. The Bertz CT molecular complexity index is 240. The average Bonchev–Trinajstić information content (AvgIpc) is 2.16. The van der Waals surface area contributed by atoms with Gasteiger partial charge >= 0.3 is 5.97 Å². The topological polar surface area (TPSA) is 47.6 Å². The summed E-state index contributed by atoms with van der Waals surface area (Å²) >= 11 is 0. The molecule has 94 valence electrons. The van der Waals surface area contributed by atoms with Crippen LogP contribution in [0.3, 0.4) is 0 Å². The molecule has 1 aliphatic heterocycles. The van der Waals surface area contributed by atoms with Crippen molar-refractivity contribution in [2.75, 3.05) is 20.3 Å². The van der Waals surface area contributed by atoms with Crippen LogP contribution >= 0.6 is 0 Å². The lowest BCUT2D eigenvalue weighted by atomic mass is 9.77. The molecule has 1 fully saturated rings. The van der Waals surface area contributed by atoms with Crippen molar-refractivity contribution in [3.8, 4) is 0 Å². The summed E-state index contributed by atoms with van der Waals surface area (Å²) in [6.07, 6.45) is 1.99. The van der Waals surface area contributed by atoms with Gasteiger partial charge in [-0.2, -0.15) is 0 Å². The van der Waals surface area contributed by atoms with E-state index in [1.165, 1.54) is 0 Å². The van der Waals surface area contributed by atoms with Crippen molar-refractivity contribution in [1.82, 2.24) is 5.32 Å². The third-order valence-electron chi connectivity index (χ3n) is 3.08. The average molecular weight is 229 g/mol. The fourth-order valence-corrected chi connectivity index (χ4v) is 2.15. The second-order valence-corrected chi connectivity index (χ2v) is 5.18. The minimum atomic E-state index is -0.194. The molecule has 4 nitrogen and oxygen atoms in total. The van der Waals surface area contributed by atoms with Crippen LogP contribution in [-0.4, -0.2) is 38.4 Å². The first-order valence-corrected chi connectivity index (χ1v) is 5.90. The van der Waals surface area contributed by atoms with Gasteiger partial charge in [-0.05, 0) is 31.7 Å². The zero-order chi connectivity index (χ0) is 12.2. The van der Waals surface area contributed by atoms with Crippen molar-refractivity contribution in [2.24, 2.45) is 5.41 Å². The highest BCUT2D eigenvalue weighted by molar-refractivity contribution is 5.77. The zero-order valence-corrected chi connectivity index (χ0v) is 10.7. The summed E-state index contributed by atoms with van der Waals surface area (Å²) in [5.74, 6) is -0.158. The molecule has 2 unspecified atom stereocenters. The Balaban J connectivity index is 2.51. The van der Waals surface area contributed by atoms with Crippen LogP contribution in [0.4, 0.5) is 0 Å². The molecule has 1 rings (SSSR count). The Labute approximate surface area is 97.7 Å². The fraction of sp³-hybridized carbons (Fsp3) is 0.917. The Morgan fingerprint density at radius 2 is 2.25 bits per heavy atom. The first-order chi connectivity index (χ1) is 7.47. The fourth-order valence-electron chi connectivity index (χ4n) is 2.15. The third kappa shape index (κ3) is 3.46. The van der Waals surface area contributed by atoms with E-state index in [0.717, 1.165) is 19.4 Å². The SMILES string of the molecule is COCC(C)OC(=O)C1NCCCC1(C)C. The molecule has 0 bridgehead atoms. The van der Waals surface area contributed by atoms with Crippen LogP contribution < -0.4 is 5.32 Å². The lowest BCUT2D eigenvalue weighted by Gasteiger charge is -2.37. The number of piperidine rings is 1. The highest BCUT2D eigenvalue weighted by Gasteiger charge is 2.38. The van der Waals surface area contributed by atoms with Crippen LogP contribution in [-0.2, 0) is 14.3 Å². The monoisotopic (exact) mass is 229 g/mol. The van der Waals surface area contributed by atoms with E-state index in [1.807, 2.05) is 6.92 Å². The molecule has 0 aromatic rings. The molecular formula is C12H23NO3. The van der Waals surface area contributed by atoms with Gasteiger partial charge in [0.25, 0.3) is 0 Å². The van der Waals surface area contributed by atoms with Gasteiger partial charge in [0.1, 0.15) is 12.1 Å². The van der Waals surface area contributed by atoms with Gasteiger partial charge < -0.3 is 14.8 Å². The van der Waals surface area contributed by atoms with E-state index in [2.05, 4.69) is 19.2 Å². The predicted molar refractivity (Wildman–Crippen MR) is 62.2 cm³/mol. The molecule has 4 heteroatoms. The first-order valence-electron chi connectivity index (χ1n) is 5.90. The summed E-state index contributed by atoms with van der Waals surface area (Å²) in [5.41, 5.74) is -0.0257. The summed E-state index contributed by atoms with van der Waals surface area (Å²) in [6.45, 7) is 7.39. The van der Waals surface area contributed by atoms with Gasteiger partial charge in [-0.25, -0.2) is 0 Å². The molecular weight excluding hydrogens is 206 g/mol. The Morgan fingerprint density at radius 3 is 2.81 bits per heavy atom. The molecule has 0 saturated carbocycles. The number of rotatable bonds is 4. The van der Waals surface area contributed by atoms with Gasteiger partial charge in [-0.15, -0.1) is 0 Å². The van der Waals surface area contributed by atoms with Crippen molar-refractivity contribution in [3.63, 3.8) is 0 Å². The summed E-state index contributed by atoms with van der Waals surface area (Å²) < 4.78 is 10.3. The Hall–Kier alpha value is -0.610.